The van der Waals surface area contributed by atoms with Crippen LogP contribution in [0.15, 0.2) is 42.5 Å². The van der Waals surface area contributed by atoms with Gasteiger partial charge in [-0.1, -0.05) is 29.8 Å². The minimum Gasteiger partial charge on any atom is -0.351 e. The summed E-state index contributed by atoms with van der Waals surface area (Å²) in [6, 6.07) is 11.2. The van der Waals surface area contributed by atoms with Gasteiger partial charge in [0, 0.05) is 35.5 Å². The van der Waals surface area contributed by atoms with Crippen molar-refractivity contribution in [3.05, 3.63) is 64.4 Å². The van der Waals surface area contributed by atoms with E-state index in [0.717, 1.165) is 0 Å². The Kier molecular flexibility index (Phi) is 7.18. The lowest BCUT2D eigenvalue weighted by Crippen LogP contribution is -2.30. The Morgan fingerprint density at radius 3 is 2.63 bits per heavy atom. The molecule has 144 valence electrons. The Morgan fingerprint density at radius 1 is 1.19 bits per heavy atom. The maximum absolute atomic E-state index is 14.0. The van der Waals surface area contributed by atoms with Gasteiger partial charge in [-0.15, -0.1) is 12.4 Å². The molecule has 0 aliphatic heterocycles. The lowest BCUT2D eigenvalue weighted by molar-refractivity contribution is -0.117. The fourth-order valence-corrected chi connectivity index (χ4v) is 3.27. The molecule has 1 aliphatic carbocycles. The number of benzene rings is 2. The SMILES string of the molecule is Cl.NCCNC(=O)c1ccccc1NC(=O)C1CC1c1c(F)cccc1Cl. The summed E-state index contributed by atoms with van der Waals surface area (Å²) in [5, 5.41) is 5.77. The van der Waals surface area contributed by atoms with Gasteiger partial charge in [-0.3, -0.25) is 9.59 Å². The van der Waals surface area contributed by atoms with Crippen LogP contribution in [-0.2, 0) is 4.79 Å². The molecular formula is C19H20Cl2FN3O2. The molecule has 5 nitrogen and oxygen atoms in total. The summed E-state index contributed by atoms with van der Waals surface area (Å²) in [5.74, 6) is -1.59. The van der Waals surface area contributed by atoms with Gasteiger partial charge < -0.3 is 16.4 Å². The first-order valence-corrected chi connectivity index (χ1v) is 8.72. The van der Waals surface area contributed by atoms with Crippen molar-refractivity contribution in [3.63, 3.8) is 0 Å². The number of amides is 2. The van der Waals surface area contributed by atoms with Gasteiger partial charge in [0.1, 0.15) is 5.82 Å². The van der Waals surface area contributed by atoms with E-state index < -0.39 is 5.82 Å². The molecule has 0 aromatic heterocycles. The average molecular weight is 412 g/mol. The normalized spacial score (nSPS) is 17.6. The van der Waals surface area contributed by atoms with E-state index in [0.29, 0.717) is 41.3 Å². The van der Waals surface area contributed by atoms with E-state index in [-0.39, 0.29) is 36.1 Å². The molecule has 2 aromatic rings. The largest absolute Gasteiger partial charge is 0.351 e. The van der Waals surface area contributed by atoms with E-state index in [9.17, 15) is 14.0 Å². The predicted octanol–water partition coefficient (Wildman–Crippen LogP) is 3.33. The number of rotatable bonds is 6. The quantitative estimate of drug-likeness (QED) is 0.681. The number of nitrogens with one attached hydrogen (secondary N) is 2. The number of carbonyl (C=O) groups is 2. The van der Waals surface area contributed by atoms with E-state index in [1.54, 1.807) is 30.3 Å². The summed E-state index contributed by atoms with van der Waals surface area (Å²) >= 11 is 6.08. The summed E-state index contributed by atoms with van der Waals surface area (Å²) in [5.41, 5.74) is 6.54. The summed E-state index contributed by atoms with van der Waals surface area (Å²) in [7, 11) is 0. The van der Waals surface area contributed by atoms with Crippen molar-refractivity contribution >= 4 is 41.5 Å². The highest BCUT2D eigenvalue weighted by Crippen LogP contribution is 2.51. The molecule has 0 bridgehead atoms. The predicted molar refractivity (Wildman–Crippen MR) is 106 cm³/mol. The van der Waals surface area contributed by atoms with Crippen molar-refractivity contribution in [3.8, 4) is 0 Å². The topological polar surface area (TPSA) is 84.2 Å². The molecule has 1 saturated carbocycles. The lowest BCUT2D eigenvalue weighted by Gasteiger charge is -2.11. The first-order valence-electron chi connectivity index (χ1n) is 8.35. The Hall–Kier alpha value is -2.15. The molecule has 2 atom stereocenters. The second-order valence-corrected chi connectivity index (χ2v) is 6.57. The maximum Gasteiger partial charge on any atom is 0.253 e. The van der Waals surface area contributed by atoms with Crippen molar-refractivity contribution in [2.75, 3.05) is 18.4 Å². The van der Waals surface area contributed by atoms with Crippen LogP contribution >= 0.6 is 24.0 Å². The zero-order valence-electron chi connectivity index (χ0n) is 14.4. The monoisotopic (exact) mass is 411 g/mol. The third-order valence-corrected chi connectivity index (χ3v) is 4.69. The van der Waals surface area contributed by atoms with Gasteiger partial charge in [-0.05, 0) is 30.7 Å². The Morgan fingerprint density at radius 2 is 1.93 bits per heavy atom. The molecule has 3 rings (SSSR count). The van der Waals surface area contributed by atoms with Gasteiger partial charge in [0.05, 0.1) is 11.3 Å². The molecule has 0 saturated heterocycles. The van der Waals surface area contributed by atoms with Crippen molar-refractivity contribution in [1.82, 2.24) is 5.32 Å². The average Bonchev–Trinajstić information content (AvgIpc) is 3.40. The molecule has 0 radical (unpaired) electrons. The number of hydrogen-bond acceptors (Lipinski definition) is 3. The second kappa shape index (κ2) is 9.17. The molecule has 27 heavy (non-hydrogen) atoms. The van der Waals surface area contributed by atoms with Gasteiger partial charge in [-0.2, -0.15) is 0 Å². The summed E-state index contributed by atoms with van der Waals surface area (Å²) in [6.45, 7) is 0.672. The molecular weight excluding hydrogens is 392 g/mol. The maximum atomic E-state index is 14.0. The van der Waals surface area contributed by atoms with Crippen molar-refractivity contribution in [2.45, 2.75) is 12.3 Å². The van der Waals surface area contributed by atoms with Gasteiger partial charge in [0.2, 0.25) is 5.91 Å². The van der Waals surface area contributed by atoms with Crippen LogP contribution in [0.5, 0.6) is 0 Å². The second-order valence-electron chi connectivity index (χ2n) is 6.16. The third-order valence-electron chi connectivity index (χ3n) is 4.36. The van der Waals surface area contributed by atoms with Gasteiger partial charge in [-0.25, -0.2) is 4.39 Å². The minimum atomic E-state index is -0.403. The van der Waals surface area contributed by atoms with Crippen LogP contribution in [0.4, 0.5) is 10.1 Å². The molecule has 4 N–H and O–H groups in total. The zero-order chi connectivity index (χ0) is 18.7. The number of anilines is 1. The summed E-state index contributed by atoms with van der Waals surface area (Å²) in [6.07, 6.45) is 0.522. The first-order chi connectivity index (χ1) is 12.5. The van der Waals surface area contributed by atoms with Crippen LogP contribution in [0.3, 0.4) is 0 Å². The van der Waals surface area contributed by atoms with Crippen molar-refractivity contribution in [2.24, 2.45) is 11.7 Å². The Labute approximate surface area is 167 Å². The van der Waals surface area contributed by atoms with Crippen LogP contribution in [0.1, 0.15) is 28.3 Å². The van der Waals surface area contributed by atoms with Crippen LogP contribution in [0.25, 0.3) is 0 Å². The van der Waals surface area contributed by atoms with Gasteiger partial charge in [0.25, 0.3) is 5.91 Å². The highest BCUT2D eigenvalue weighted by Gasteiger charge is 2.46. The van der Waals surface area contributed by atoms with Gasteiger partial charge >= 0.3 is 0 Å². The fraction of sp³-hybridized carbons (Fsp3) is 0.263. The summed E-state index contributed by atoms with van der Waals surface area (Å²) in [4.78, 5) is 24.7. The van der Waals surface area contributed by atoms with E-state index in [1.165, 1.54) is 12.1 Å². The van der Waals surface area contributed by atoms with Crippen molar-refractivity contribution < 1.29 is 14.0 Å². The molecule has 2 unspecified atom stereocenters. The number of halogens is 3. The number of para-hydroxylation sites is 1. The van der Waals surface area contributed by atoms with Crippen LogP contribution < -0.4 is 16.4 Å². The van der Waals surface area contributed by atoms with E-state index in [1.807, 2.05) is 0 Å². The number of carbonyl (C=O) groups excluding carboxylic acids is 2. The molecule has 1 fully saturated rings. The molecule has 2 amide bonds. The first kappa shape index (κ1) is 21.2. The van der Waals surface area contributed by atoms with Crippen LogP contribution in [0.2, 0.25) is 5.02 Å². The highest BCUT2D eigenvalue weighted by atomic mass is 35.5. The molecule has 0 heterocycles. The van der Waals surface area contributed by atoms with Gasteiger partial charge in [0.15, 0.2) is 0 Å². The third kappa shape index (κ3) is 4.77. The molecule has 8 heteroatoms. The number of hydrogen-bond donors (Lipinski definition) is 3. The highest BCUT2D eigenvalue weighted by molar-refractivity contribution is 6.31. The standard InChI is InChI=1S/C19H19ClFN3O2.ClH/c20-14-5-3-6-15(21)17(14)12-10-13(12)19(26)24-16-7-2-1-4-11(16)18(25)23-9-8-22;/h1-7,12-13H,8-10,22H2,(H,23,25)(H,24,26);1H. The molecule has 1 aliphatic rings. The van der Waals surface area contributed by atoms with E-state index >= 15 is 0 Å². The number of nitrogens with two attached hydrogens (primary N) is 1. The lowest BCUT2D eigenvalue weighted by atomic mass is 10.1. The summed E-state index contributed by atoms with van der Waals surface area (Å²) < 4.78 is 14.0. The molecule has 0 spiro atoms. The minimum absolute atomic E-state index is 0. The van der Waals surface area contributed by atoms with Crippen LogP contribution in [0, 0.1) is 11.7 Å². The van der Waals surface area contributed by atoms with Crippen molar-refractivity contribution in [1.29, 1.82) is 0 Å². The smallest absolute Gasteiger partial charge is 0.253 e. The zero-order valence-corrected chi connectivity index (χ0v) is 15.9. The fourth-order valence-electron chi connectivity index (χ4n) is 2.97. The Bertz CT molecular complexity index is 827. The Balaban J connectivity index is 0.00000261. The van der Waals surface area contributed by atoms with E-state index in [4.69, 9.17) is 17.3 Å². The van der Waals surface area contributed by atoms with E-state index in [2.05, 4.69) is 10.6 Å². The van der Waals surface area contributed by atoms with Crippen LogP contribution in [-0.4, -0.2) is 24.9 Å². The molecule has 2 aromatic carbocycles.